The van der Waals surface area contributed by atoms with Crippen molar-refractivity contribution < 1.29 is 27.8 Å². The number of aliphatic hydroxyl groups excluding tert-OH is 1. The van der Waals surface area contributed by atoms with E-state index < -0.39 is 23.6 Å². The molecule has 1 amide bonds. The molecule has 2 heterocycles. The van der Waals surface area contributed by atoms with Gasteiger partial charge in [0.15, 0.2) is 0 Å². The van der Waals surface area contributed by atoms with Crippen LogP contribution in [-0.2, 0) is 4.79 Å². The summed E-state index contributed by atoms with van der Waals surface area (Å²) in [6, 6.07) is 11.7. The number of pyridine rings is 1. The zero-order valence-corrected chi connectivity index (χ0v) is 15.5. The molecule has 3 aromatic rings. The lowest BCUT2D eigenvalue weighted by molar-refractivity contribution is -0.274. The number of rotatable bonds is 4. The highest BCUT2D eigenvalue weighted by Gasteiger charge is 2.33. The second-order valence-electron chi connectivity index (χ2n) is 7.08. The summed E-state index contributed by atoms with van der Waals surface area (Å²) in [7, 11) is 0. The summed E-state index contributed by atoms with van der Waals surface area (Å²) >= 11 is 0. The van der Waals surface area contributed by atoms with Crippen LogP contribution in [0.5, 0.6) is 5.75 Å². The summed E-state index contributed by atoms with van der Waals surface area (Å²) in [5.41, 5.74) is 0.413. The number of para-hydroxylation sites is 1. The smallest absolute Gasteiger partial charge is 0.405 e. The van der Waals surface area contributed by atoms with Crippen molar-refractivity contribution in [2.45, 2.75) is 24.7 Å². The lowest BCUT2D eigenvalue weighted by Crippen LogP contribution is -2.28. The maximum Gasteiger partial charge on any atom is 0.573 e. The minimum Gasteiger partial charge on any atom is -0.405 e. The predicted octanol–water partition coefficient (Wildman–Crippen LogP) is 3.06. The van der Waals surface area contributed by atoms with Crippen molar-refractivity contribution in [2.24, 2.45) is 0 Å². The third-order valence-corrected chi connectivity index (χ3v) is 5.08. The van der Waals surface area contributed by atoms with Gasteiger partial charge >= 0.3 is 6.36 Å². The quantitative estimate of drug-likeness (QED) is 0.607. The first-order valence-corrected chi connectivity index (χ1v) is 9.18. The Kier molecular flexibility index (Phi) is 4.98. The molecule has 2 atom stereocenters. The van der Waals surface area contributed by atoms with Crippen molar-refractivity contribution in [1.29, 1.82) is 0 Å². The molecule has 0 spiro atoms. The molecule has 0 radical (unpaired) electrons. The summed E-state index contributed by atoms with van der Waals surface area (Å²) < 4.78 is 42.2. The molecule has 9 heteroatoms. The van der Waals surface area contributed by atoms with Gasteiger partial charge in [-0.05, 0) is 41.6 Å². The Balaban J connectivity index is 1.75. The second-order valence-corrected chi connectivity index (χ2v) is 7.08. The number of amides is 1. The van der Waals surface area contributed by atoms with E-state index in [9.17, 15) is 27.9 Å². The number of aromatic amines is 1. The minimum atomic E-state index is -4.86. The fourth-order valence-electron chi connectivity index (χ4n) is 3.70. The number of benzene rings is 2. The van der Waals surface area contributed by atoms with E-state index in [4.69, 9.17) is 0 Å². The number of hydrogen-bond donors (Lipinski definition) is 3. The van der Waals surface area contributed by atoms with Gasteiger partial charge in [-0.2, -0.15) is 0 Å². The normalized spacial score (nSPS) is 19.1. The number of carbonyl (C=O) groups is 1. The Morgan fingerprint density at radius 1 is 1.10 bits per heavy atom. The average molecular weight is 418 g/mol. The lowest BCUT2D eigenvalue weighted by atomic mass is 9.93. The molecule has 30 heavy (non-hydrogen) atoms. The number of H-pyrrole nitrogens is 1. The molecule has 156 valence electrons. The van der Waals surface area contributed by atoms with E-state index in [-0.39, 0.29) is 29.8 Å². The summed E-state index contributed by atoms with van der Waals surface area (Å²) in [6.45, 7) is -0.167. The van der Waals surface area contributed by atoms with Gasteiger partial charge in [0.25, 0.3) is 5.56 Å². The summed E-state index contributed by atoms with van der Waals surface area (Å²) in [5, 5.41) is 12.8. The number of alkyl halides is 3. The number of fused-ring (bicyclic) bond motifs is 1. The van der Waals surface area contributed by atoms with Gasteiger partial charge in [0.2, 0.25) is 5.91 Å². The van der Waals surface area contributed by atoms with E-state index in [0.717, 1.165) is 0 Å². The maximum absolute atomic E-state index is 12.7. The fourth-order valence-corrected chi connectivity index (χ4v) is 3.70. The average Bonchev–Trinajstić information content (AvgIpc) is 3.08. The molecule has 1 aliphatic rings. The first-order chi connectivity index (χ1) is 14.2. The molecule has 6 nitrogen and oxygen atoms in total. The van der Waals surface area contributed by atoms with Crippen LogP contribution in [-0.4, -0.2) is 35.0 Å². The molecule has 0 aliphatic carbocycles. The van der Waals surface area contributed by atoms with Crippen LogP contribution in [0.4, 0.5) is 13.2 Å². The summed E-state index contributed by atoms with van der Waals surface area (Å²) in [5.74, 6) is -1.12. The van der Waals surface area contributed by atoms with Crippen LogP contribution in [0.25, 0.3) is 22.0 Å². The number of hydrogen-bond acceptors (Lipinski definition) is 4. The first kappa shape index (κ1) is 20.0. The zero-order chi connectivity index (χ0) is 21.5. The number of halogens is 3. The van der Waals surface area contributed by atoms with Crippen molar-refractivity contribution in [2.75, 3.05) is 6.61 Å². The van der Waals surface area contributed by atoms with Crippen molar-refractivity contribution in [1.82, 2.24) is 10.3 Å². The molecule has 1 aromatic heterocycles. The van der Waals surface area contributed by atoms with E-state index >= 15 is 0 Å². The standard InChI is InChI=1S/C21H17F3N2O4/c22-21(23,24)30-18-4-2-1-3-14(18)17-8-12-6-5-11(7-15(12)20(29)26-17)16-9-13(10-27)25-19(16)28/h1-8,13,16,27H,9-10H2,(H,25,28)(H,26,29)/t13?,16-/m1/s1. The Hall–Kier alpha value is -3.33. The Bertz CT molecular complexity index is 1170. The predicted molar refractivity (Wildman–Crippen MR) is 103 cm³/mol. The van der Waals surface area contributed by atoms with E-state index in [0.29, 0.717) is 22.8 Å². The Morgan fingerprint density at radius 2 is 1.87 bits per heavy atom. The van der Waals surface area contributed by atoms with Gasteiger partial charge < -0.3 is 20.1 Å². The molecule has 0 bridgehead atoms. The van der Waals surface area contributed by atoms with Crippen molar-refractivity contribution >= 4 is 16.7 Å². The number of nitrogens with one attached hydrogen (secondary N) is 2. The third kappa shape index (κ3) is 3.88. The van der Waals surface area contributed by atoms with Crippen LogP contribution in [0.15, 0.2) is 53.3 Å². The van der Waals surface area contributed by atoms with Gasteiger partial charge in [-0.1, -0.05) is 24.3 Å². The largest absolute Gasteiger partial charge is 0.573 e. The van der Waals surface area contributed by atoms with E-state index in [1.807, 2.05) is 0 Å². The van der Waals surface area contributed by atoms with Crippen LogP contribution < -0.4 is 15.6 Å². The number of ether oxygens (including phenoxy) is 1. The summed E-state index contributed by atoms with van der Waals surface area (Å²) in [4.78, 5) is 27.4. The topological polar surface area (TPSA) is 91.4 Å². The fraction of sp³-hybridized carbons (Fsp3) is 0.238. The molecule has 1 aliphatic heterocycles. The third-order valence-electron chi connectivity index (χ3n) is 5.08. The number of aromatic nitrogens is 1. The van der Waals surface area contributed by atoms with Crippen molar-refractivity contribution in [3.63, 3.8) is 0 Å². The molecule has 1 unspecified atom stereocenters. The van der Waals surface area contributed by atoms with Gasteiger partial charge in [-0.15, -0.1) is 13.2 Å². The second kappa shape index (κ2) is 7.49. The Labute approximate surface area is 168 Å². The van der Waals surface area contributed by atoms with Gasteiger partial charge in [0.05, 0.1) is 24.3 Å². The SMILES string of the molecule is O=C1NC(CO)C[C@@H]1c1ccc2cc(-c3ccccc3OC(F)(F)F)[nH]c(=O)c2c1. The van der Waals surface area contributed by atoms with E-state index in [1.165, 1.54) is 18.2 Å². The molecule has 0 saturated carbocycles. The maximum atomic E-state index is 12.7. The molecule has 1 fully saturated rings. The number of aliphatic hydroxyl groups is 1. The van der Waals surface area contributed by atoms with Gasteiger partial charge in [0.1, 0.15) is 5.75 Å². The van der Waals surface area contributed by atoms with Gasteiger partial charge in [0, 0.05) is 10.9 Å². The van der Waals surface area contributed by atoms with E-state index in [1.54, 1.807) is 30.3 Å². The van der Waals surface area contributed by atoms with Crippen LogP contribution in [0.3, 0.4) is 0 Å². The highest BCUT2D eigenvalue weighted by atomic mass is 19.4. The van der Waals surface area contributed by atoms with Crippen LogP contribution in [0, 0.1) is 0 Å². The van der Waals surface area contributed by atoms with Crippen molar-refractivity contribution in [3.8, 4) is 17.0 Å². The first-order valence-electron chi connectivity index (χ1n) is 9.18. The minimum absolute atomic E-state index is 0.0962. The van der Waals surface area contributed by atoms with Gasteiger partial charge in [-0.25, -0.2) is 0 Å². The summed E-state index contributed by atoms with van der Waals surface area (Å²) in [6.07, 6.45) is -4.45. The molecule has 1 saturated heterocycles. The Morgan fingerprint density at radius 3 is 2.57 bits per heavy atom. The number of carbonyl (C=O) groups excluding carboxylic acids is 1. The van der Waals surface area contributed by atoms with E-state index in [2.05, 4.69) is 15.0 Å². The zero-order valence-electron chi connectivity index (χ0n) is 15.5. The monoisotopic (exact) mass is 418 g/mol. The highest BCUT2D eigenvalue weighted by molar-refractivity contribution is 5.90. The molecular formula is C21H17F3N2O4. The molecule has 2 aromatic carbocycles. The van der Waals surface area contributed by atoms with Crippen LogP contribution in [0.1, 0.15) is 17.9 Å². The van der Waals surface area contributed by atoms with Crippen LogP contribution in [0.2, 0.25) is 0 Å². The van der Waals surface area contributed by atoms with Crippen molar-refractivity contribution in [3.05, 3.63) is 64.4 Å². The highest BCUT2D eigenvalue weighted by Crippen LogP contribution is 2.34. The van der Waals surface area contributed by atoms with Crippen LogP contribution >= 0.6 is 0 Å². The molecule has 3 N–H and O–H groups in total. The molecular weight excluding hydrogens is 401 g/mol. The lowest BCUT2D eigenvalue weighted by Gasteiger charge is -2.14. The van der Waals surface area contributed by atoms with Gasteiger partial charge in [-0.3, -0.25) is 9.59 Å². The molecule has 4 rings (SSSR count).